The van der Waals surface area contributed by atoms with Crippen molar-refractivity contribution in [2.45, 2.75) is 19.9 Å². The first-order valence-electron chi connectivity index (χ1n) is 10.9. The molecule has 170 valence electrons. The van der Waals surface area contributed by atoms with Gasteiger partial charge in [0.25, 0.3) is 0 Å². The summed E-state index contributed by atoms with van der Waals surface area (Å²) in [5.41, 5.74) is 11.0. The summed E-state index contributed by atoms with van der Waals surface area (Å²) in [6.07, 6.45) is 0. The van der Waals surface area contributed by atoms with Crippen LogP contribution in [0.4, 0.5) is 5.69 Å². The molecular weight excluding hydrogens is 414 g/mol. The van der Waals surface area contributed by atoms with Crippen LogP contribution in [0.15, 0.2) is 71.7 Å². The third-order valence-electron chi connectivity index (χ3n) is 5.80. The minimum atomic E-state index is -0.0308. The molecule has 33 heavy (non-hydrogen) atoms. The second-order valence-electron chi connectivity index (χ2n) is 8.29. The van der Waals surface area contributed by atoms with Crippen LogP contribution in [0.1, 0.15) is 36.6 Å². The van der Waals surface area contributed by atoms with E-state index in [1.807, 2.05) is 66.7 Å². The van der Waals surface area contributed by atoms with Crippen LogP contribution in [0.25, 0.3) is 10.9 Å². The lowest BCUT2D eigenvalue weighted by Gasteiger charge is -2.16. The number of H-pyrrole nitrogens is 1. The maximum absolute atomic E-state index is 10.9. The van der Waals surface area contributed by atoms with Gasteiger partial charge < -0.3 is 25.3 Å². The first kappa shape index (κ1) is 22.4. The molecule has 6 nitrogen and oxygen atoms in total. The fourth-order valence-electron chi connectivity index (χ4n) is 3.89. The molecule has 6 heteroatoms. The number of ether oxygens (including phenoxy) is 2. The van der Waals surface area contributed by atoms with Gasteiger partial charge in [0.2, 0.25) is 0 Å². The summed E-state index contributed by atoms with van der Waals surface area (Å²) >= 11 is 0. The molecule has 0 fully saturated rings. The molecular formula is C27H29N3O3. The molecule has 0 bridgehead atoms. The number of methoxy groups -OCH3 is 2. The smallest absolute Gasteiger partial charge is 0.199 e. The summed E-state index contributed by atoms with van der Waals surface area (Å²) in [5.74, 6) is 1.52. The van der Waals surface area contributed by atoms with Crippen LogP contribution in [0.3, 0.4) is 0 Å². The molecule has 1 aromatic heterocycles. The summed E-state index contributed by atoms with van der Waals surface area (Å²) in [4.78, 5) is 8.00. The van der Waals surface area contributed by atoms with Gasteiger partial charge in [0.15, 0.2) is 17.4 Å². The molecule has 0 saturated heterocycles. The van der Waals surface area contributed by atoms with Gasteiger partial charge in [0.05, 0.1) is 36.7 Å². The van der Waals surface area contributed by atoms with Crippen molar-refractivity contribution in [3.8, 4) is 17.4 Å². The van der Waals surface area contributed by atoms with E-state index in [2.05, 4.69) is 18.8 Å². The Morgan fingerprint density at radius 1 is 0.939 bits per heavy atom. The number of nitrogens with two attached hydrogens (primary N) is 1. The summed E-state index contributed by atoms with van der Waals surface area (Å²) in [5, 5.41) is 11.7. The minimum absolute atomic E-state index is 0.0290. The number of aliphatic imine (C=N–C) groups is 1. The highest BCUT2D eigenvalue weighted by molar-refractivity contribution is 6.22. The average Bonchev–Trinajstić information content (AvgIpc) is 3.16. The van der Waals surface area contributed by atoms with Crippen molar-refractivity contribution >= 4 is 22.3 Å². The van der Waals surface area contributed by atoms with Crippen LogP contribution in [-0.2, 0) is 0 Å². The predicted octanol–water partition coefficient (Wildman–Crippen LogP) is 5.72. The Hall–Kier alpha value is -3.77. The quantitative estimate of drug-likeness (QED) is 0.319. The molecule has 0 radical (unpaired) electrons. The Morgan fingerprint density at radius 2 is 1.58 bits per heavy atom. The van der Waals surface area contributed by atoms with Crippen molar-refractivity contribution in [2.75, 3.05) is 14.2 Å². The number of nitrogens with zero attached hydrogens (tertiary/aromatic N) is 1. The third-order valence-corrected chi connectivity index (χ3v) is 5.80. The first-order chi connectivity index (χ1) is 15.9. The van der Waals surface area contributed by atoms with Gasteiger partial charge in [-0.15, -0.1) is 0 Å². The number of fused-ring (bicyclic) bond motifs is 1. The van der Waals surface area contributed by atoms with Crippen molar-refractivity contribution in [2.24, 2.45) is 16.6 Å². The number of aromatic hydroxyl groups is 1. The lowest BCUT2D eigenvalue weighted by Crippen LogP contribution is -2.16. The van der Waals surface area contributed by atoms with E-state index in [1.54, 1.807) is 14.2 Å². The van der Waals surface area contributed by atoms with E-state index in [0.717, 1.165) is 27.7 Å². The molecule has 3 aromatic carbocycles. The summed E-state index contributed by atoms with van der Waals surface area (Å²) in [6, 6.07) is 21.3. The van der Waals surface area contributed by atoms with Gasteiger partial charge in [-0.1, -0.05) is 56.3 Å². The maximum atomic E-state index is 10.9. The van der Waals surface area contributed by atoms with E-state index in [-0.39, 0.29) is 11.9 Å². The monoisotopic (exact) mass is 443 g/mol. The number of nitrogens with one attached hydrogen (secondary N) is 1. The van der Waals surface area contributed by atoms with Crippen molar-refractivity contribution in [3.63, 3.8) is 0 Å². The molecule has 0 saturated carbocycles. The van der Waals surface area contributed by atoms with Gasteiger partial charge in [-0.2, -0.15) is 0 Å². The number of aromatic nitrogens is 1. The molecule has 0 spiro atoms. The lowest BCUT2D eigenvalue weighted by molar-refractivity contribution is 0.356. The zero-order chi connectivity index (χ0) is 23.5. The number of benzene rings is 3. The highest BCUT2D eigenvalue weighted by atomic mass is 16.5. The molecule has 4 aromatic rings. The lowest BCUT2D eigenvalue weighted by atomic mass is 9.97. The van der Waals surface area contributed by atoms with Gasteiger partial charge in [-0.25, -0.2) is 4.99 Å². The Bertz CT molecular complexity index is 1280. The second kappa shape index (κ2) is 9.38. The van der Waals surface area contributed by atoms with E-state index < -0.39 is 0 Å². The van der Waals surface area contributed by atoms with E-state index >= 15 is 0 Å². The zero-order valence-electron chi connectivity index (χ0n) is 19.3. The highest BCUT2D eigenvalue weighted by Gasteiger charge is 2.21. The van der Waals surface area contributed by atoms with Gasteiger partial charge in [-0.05, 0) is 29.7 Å². The van der Waals surface area contributed by atoms with Crippen LogP contribution in [0.2, 0.25) is 0 Å². The third kappa shape index (κ3) is 4.43. The number of hydrogen-bond acceptors (Lipinski definition) is 5. The average molecular weight is 444 g/mol. The normalized spacial score (nSPS) is 12.8. The zero-order valence-corrected chi connectivity index (χ0v) is 19.3. The van der Waals surface area contributed by atoms with Gasteiger partial charge >= 0.3 is 0 Å². The van der Waals surface area contributed by atoms with Crippen molar-refractivity contribution in [1.29, 1.82) is 0 Å². The largest absolute Gasteiger partial charge is 0.494 e. The van der Waals surface area contributed by atoms with E-state index in [1.165, 1.54) is 0 Å². The fraction of sp³-hybridized carbons (Fsp3) is 0.222. The molecule has 0 aliphatic heterocycles. The van der Waals surface area contributed by atoms with Crippen molar-refractivity contribution in [1.82, 2.24) is 4.98 Å². The topological polar surface area (TPSA) is 92.9 Å². The maximum Gasteiger partial charge on any atom is 0.199 e. The van der Waals surface area contributed by atoms with Crippen molar-refractivity contribution in [3.05, 3.63) is 83.4 Å². The molecule has 0 amide bonds. The van der Waals surface area contributed by atoms with Gasteiger partial charge in [0, 0.05) is 23.1 Å². The van der Waals surface area contributed by atoms with E-state index in [0.29, 0.717) is 28.7 Å². The highest BCUT2D eigenvalue weighted by Crippen LogP contribution is 2.38. The number of hydrogen-bond donors (Lipinski definition) is 3. The van der Waals surface area contributed by atoms with E-state index in [9.17, 15) is 5.11 Å². The van der Waals surface area contributed by atoms with Crippen LogP contribution < -0.4 is 15.2 Å². The van der Waals surface area contributed by atoms with E-state index in [4.69, 9.17) is 20.2 Å². The molecule has 4 N–H and O–H groups in total. The molecule has 1 unspecified atom stereocenters. The van der Waals surface area contributed by atoms with Crippen LogP contribution >= 0.6 is 0 Å². The molecule has 4 rings (SSSR count). The Morgan fingerprint density at radius 3 is 2.18 bits per heavy atom. The summed E-state index contributed by atoms with van der Waals surface area (Å²) in [7, 11) is 3.17. The Labute approximate surface area is 193 Å². The summed E-state index contributed by atoms with van der Waals surface area (Å²) in [6.45, 7) is 4.21. The van der Waals surface area contributed by atoms with Gasteiger partial charge in [0.1, 0.15) is 0 Å². The predicted molar refractivity (Wildman–Crippen MR) is 133 cm³/mol. The first-order valence-corrected chi connectivity index (χ1v) is 10.9. The SMILES string of the molecule is COc1cc2[nH]c(O)c(C(=Nc3ccc(C(N)C(C)C)cc3)c3ccccc3)c2cc1OC. The Balaban J connectivity index is 1.89. The fourth-order valence-corrected chi connectivity index (χ4v) is 3.89. The second-order valence-corrected chi connectivity index (χ2v) is 8.29. The standard InChI is InChI=1S/C27H29N3O3/c1-16(2)25(28)17-10-12-19(13-11-17)29-26(18-8-6-5-7-9-18)24-20-14-22(32-3)23(33-4)15-21(20)30-27(24)31/h5-16,25,30-31H,28H2,1-4H3. The van der Waals surface area contributed by atoms with Crippen LogP contribution in [-0.4, -0.2) is 30.0 Å². The number of aromatic amines is 1. The van der Waals surface area contributed by atoms with Crippen molar-refractivity contribution < 1.29 is 14.6 Å². The summed E-state index contributed by atoms with van der Waals surface area (Å²) < 4.78 is 10.9. The van der Waals surface area contributed by atoms with Crippen LogP contribution in [0, 0.1) is 5.92 Å². The Kier molecular flexibility index (Phi) is 6.38. The van der Waals surface area contributed by atoms with Crippen LogP contribution in [0.5, 0.6) is 17.4 Å². The molecule has 1 atom stereocenters. The molecule has 0 aliphatic carbocycles. The molecule has 0 aliphatic rings. The minimum Gasteiger partial charge on any atom is -0.494 e. The van der Waals surface area contributed by atoms with Gasteiger partial charge in [-0.3, -0.25) is 0 Å². The molecule has 1 heterocycles. The number of rotatable bonds is 7.